The van der Waals surface area contributed by atoms with Gasteiger partial charge in [-0.25, -0.2) is 4.79 Å². The Bertz CT molecular complexity index is 1030. The number of benzene rings is 2. The Morgan fingerprint density at radius 2 is 1.53 bits per heavy atom. The highest BCUT2D eigenvalue weighted by Crippen LogP contribution is 2.37. The maximum atomic E-state index is 13.7. The van der Waals surface area contributed by atoms with Gasteiger partial charge in [-0.05, 0) is 55.4 Å². The lowest BCUT2D eigenvalue weighted by Crippen LogP contribution is -2.57. The average molecular weight is 491 g/mol. The van der Waals surface area contributed by atoms with Gasteiger partial charge in [0.05, 0.1) is 6.61 Å². The summed E-state index contributed by atoms with van der Waals surface area (Å²) in [5, 5.41) is 0. The van der Waals surface area contributed by atoms with Crippen molar-refractivity contribution in [1.29, 1.82) is 0 Å². The third-order valence-electron chi connectivity index (χ3n) is 8.10. The zero-order chi connectivity index (χ0) is 25.0. The standard InChI is InChI=1S/C29H38N4O3/c1-36-22-21-33-28(35)32(18-13-24-7-3-2-4-8-24)27(34)29(33)14-19-30(20-15-29)23-25-9-11-26(12-10-25)31-16-5-6-17-31/h2-4,7-12H,5-6,13-23H2,1H3. The van der Waals surface area contributed by atoms with Gasteiger partial charge in [0.25, 0.3) is 5.91 Å². The predicted molar refractivity (Wildman–Crippen MR) is 141 cm³/mol. The molecule has 0 N–H and O–H groups in total. The van der Waals surface area contributed by atoms with Crippen molar-refractivity contribution in [3.8, 4) is 0 Å². The fourth-order valence-electron chi connectivity index (χ4n) is 5.97. The van der Waals surface area contributed by atoms with Gasteiger partial charge in [0, 0.05) is 58.6 Å². The Kier molecular flexibility index (Phi) is 7.58. The number of carbonyl (C=O) groups is 2. The molecule has 3 heterocycles. The highest BCUT2D eigenvalue weighted by Gasteiger charge is 2.57. The molecule has 1 spiro atoms. The molecule has 0 aliphatic carbocycles. The molecule has 3 amide bonds. The molecule has 0 saturated carbocycles. The quantitative estimate of drug-likeness (QED) is 0.501. The lowest BCUT2D eigenvalue weighted by atomic mass is 9.85. The number of nitrogens with zero attached hydrogens (tertiary/aromatic N) is 4. The molecule has 192 valence electrons. The zero-order valence-electron chi connectivity index (χ0n) is 21.4. The fourth-order valence-corrected chi connectivity index (χ4v) is 5.97. The van der Waals surface area contributed by atoms with Crippen molar-refractivity contribution in [2.75, 3.05) is 57.9 Å². The summed E-state index contributed by atoms with van der Waals surface area (Å²) < 4.78 is 5.29. The van der Waals surface area contributed by atoms with E-state index in [1.54, 1.807) is 12.0 Å². The smallest absolute Gasteiger partial charge is 0.327 e. The Labute approximate surface area is 214 Å². The Morgan fingerprint density at radius 1 is 0.833 bits per heavy atom. The molecule has 0 aromatic heterocycles. The first kappa shape index (κ1) is 24.8. The van der Waals surface area contributed by atoms with Crippen molar-refractivity contribution in [2.24, 2.45) is 0 Å². The number of hydrogen-bond acceptors (Lipinski definition) is 5. The topological polar surface area (TPSA) is 56.3 Å². The van der Waals surface area contributed by atoms with E-state index in [0.29, 0.717) is 39.0 Å². The Hall–Kier alpha value is -2.90. The van der Waals surface area contributed by atoms with E-state index < -0.39 is 5.54 Å². The fraction of sp³-hybridized carbons (Fsp3) is 0.517. The van der Waals surface area contributed by atoms with Crippen LogP contribution in [-0.2, 0) is 22.5 Å². The normalized spacial score (nSPS) is 20.2. The minimum atomic E-state index is -0.748. The molecule has 2 aromatic carbocycles. The number of amides is 3. The second-order valence-corrected chi connectivity index (χ2v) is 10.3. The van der Waals surface area contributed by atoms with Crippen molar-refractivity contribution in [2.45, 2.75) is 44.2 Å². The molecule has 0 atom stereocenters. The van der Waals surface area contributed by atoms with Crippen LogP contribution in [0.4, 0.5) is 10.5 Å². The van der Waals surface area contributed by atoms with E-state index >= 15 is 0 Å². The van der Waals surface area contributed by atoms with E-state index in [4.69, 9.17) is 4.74 Å². The van der Waals surface area contributed by atoms with Gasteiger partial charge in [0.1, 0.15) is 5.54 Å². The second kappa shape index (κ2) is 11.0. The monoisotopic (exact) mass is 490 g/mol. The number of imide groups is 1. The molecule has 2 aromatic rings. The molecule has 7 heteroatoms. The van der Waals surface area contributed by atoms with E-state index in [0.717, 1.165) is 38.3 Å². The average Bonchev–Trinajstić information content (AvgIpc) is 3.51. The van der Waals surface area contributed by atoms with E-state index in [-0.39, 0.29) is 11.9 Å². The SMILES string of the molecule is COCCN1C(=O)N(CCc2ccccc2)C(=O)C12CCN(Cc1ccc(N3CCCC3)cc1)CC2. The van der Waals surface area contributed by atoms with Crippen LogP contribution in [0.15, 0.2) is 54.6 Å². The van der Waals surface area contributed by atoms with Crippen LogP contribution in [0.2, 0.25) is 0 Å². The van der Waals surface area contributed by atoms with E-state index in [9.17, 15) is 9.59 Å². The summed E-state index contributed by atoms with van der Waals surface area (Å²) in [4.78, 5) is 35.2. The lowest BCUT2D eigenvalue weighted by Gasteiger charge is -2.42. The van der Waals surface area contributed by atoms with Gasteiger partial charge in [-0.15, -0.1) is 0 Å². The predicted octanol–water partition coefficient (Wildman–Crippen LogP) is 3.77. The van der Waals surface area contributed by atoms with Gasteiger partial charge in [-0.2, -0.15) is 0 Å². The number of carbonyl (C=O) groups excluding carboxylic acids is 2. The molecule has 0 radical (unpaired) electrons. The third kappa shape index (κ3) is 5.00. The van der Waals surface area contributed by atoms with Gasteiger partial charge < -0.3 is 14.5 Å². The summed E-state index contributed by atoms with van der Waals surface area (Å²) in [6, 6.07) is 18.8. The van der Waals surface area contributed by atoms with E-state index in [1.165, 1.54) is 29.0 Å². The van der Waals surface area contributed by atoms with E-state index in [1.807, 2.05) is 30.3 Å². The molecule has 3 saturated heterocycles. The van der Waals surface area contributed by atoms with Crippen LogP contribution in [0.25, 0.3) is 0 Å². The summed E-state index contributed by atoms with van der Waals surface area (Å²) in [7, 11) is 1.64. The first-order chi connectivity index (χ1) is 17.6. The summed E-state index contributed by atoms with van der Waals surface area (Å²) in [6.07, 6.45) is 4.56. The van der Waals surface area contributed by atoms with Crippen LogP contribution in [-0.4, -0.2) is 85.2 Å². The van der Waals surface area contributed by atoms with Crippen LogP contribution < -0.4 is 4.90 Å². The van der Waals surface area contributed by atoms with Gasteiger partial charge in [0.15, 0.2) is 0 Å². The van der Waals surface area contributed by atoms with Crippen LogP contribution >= 0.6 is 0 Å². The molecular formula is C29H38N4O3. The largest absolute Gasteiger partial charge is 0.383 e. The van der Waals surface area contributed by atoms with Crippen LogP contribution in [0.3, 0.4) is 0 Å². The molecule has 3 aliphatic heterocycles. The van der Waals surface area contributed by atoms with Crippen LogP contribution in [0.5, 0.6) is 0 Å². The number of piperidine rings is 1. The molecule has 3 fully saturated rings. The summed E-state index contributed by atoms with van der Waals surface area (Å²) in [5.41, 5.74) is 2.99. The maximum Gasteiger partial charge on any atom is 0.327 e. The molecule has 0 unspecified atom stereocenters. The number of methoxy groups -OCH3 is 1. The minimum absolute atomic E-state index is 0.0332. The van der Waals surface area contributed by atoms with Crippen molar-refractivity contribution in [3.63, 3.8) is 0 Å². The van der Waals surface area contributed by atoms with Gasteiger partial charge in [0.2, 0.25) is 0 Å². The molecule has 7 nitrogen and oxygen atoms in total. The molecule has 36 heavy (non-hydrogen) atoms. The lowest BCUT2D eigenvalue weighted by molar-refractivity contribution is -0.135. The second-order valence-electron chi connectivity index (χ2n) is 10.3. The number of hydrogen-bond donors (Lipinski definition) is 0. The summed E-state index contributed by atoms with van der Waals surface area (Å²) in [6.45, 7) is 6.06. The van der Waals surface area contributed by atoms with E-state index in [2.05, 4.69) is 34.1 Å². The van der Waals surface area contributed by atoms with Crippen molar-refractivity contribution in [3.05, 3.63) is 65.7 Å². The molecule has 5 rings (SSSR count). The van der Waals surface area contributed by atoms with Crippen LogP contribution in [0.1, 0.15) is 36.8 Å². The minimum Gasteiger partial charge on any atom is -0.383 e. The number of urea groups is 1. The highest BCUT2D eigenvalue weighted by atomic mass is 16.5. The number of likely N-dealkylation sites (tertiary alicyclic amines) is 1. The summed E-state index contributed by atoms with van der Waals surface area (Å²) >= 11 is 0. The number of anilines is 1. The first-order valence-electron chi connectivity index (χ1n) is 13.3. The van der Waals surface area contributed by atoms with Gasteiger partial charge >= 0.3 is 6.03 Å². The van der Waals surface area contributed by atoms with Gasteiger partial charge in [-0.1, -0.05) is 42.5 Å². The first-order valence-corrected chi connectivity index (χ1v) is 13.3. The maximum absolute atomic E-state index is 13.7. The van der Waals surface area contributed by atoms with Crippen molar-refractivity contribution in [1.82, 2.24) is 14.7 Å². The number of ether oxygens (including phenoxy) is 1. The van der Waals surface area contributed by atoms with Crippen molar-refractivity contribution < 1.29 is 14.3 Å². The Balaban J connectivity index is 1.23. The molecule has 3 aliphatic rings. The third-order valence-corrected chi connectivity index (χ3v) is 8.10. The van der Waals surface area contributed by atoms with Gasteiger partial charge in [-0.3, -0.25) is 14.6 Å². The van der Waals surface area contributed by atoms with Crippen molar-refractivity contribution >= 4 is 17.6 Å². The molecule has 0 bridgehead atoms. The highest BCUT2D eigenvalue weighted by molar-refractivity contribution is 6.07. The Morgan fingerprint density at radius 3 is 2.19 bits per heavy atom. The summed E-state index contributed by atoms with van der Waals surface area (Å²) in [5.74, 6) is -0.0332. The van der Waals surface area contributed by atoms with Crippen LogP contribution in [0, 0.1) is 0 Å². The molecular weight excluding hydrogens is 452 g/mol. The number of rotatable bonds is 9. The zero-order valence-corrected chi connectivity index (χ0v) is 21.4.